The van der Waals surface area contributed by atoms with Gasteiger partial charge in [-0.25, -0.2) is 13.5 Å². The summed E-state index contributed by atoms with van der Waals surface area (Å²) in [5.74, 6) is -2.89. The predicted octanol–water partition coefficient (Wildman–Crippen LogP) is 1.42. The Morgan fingerprint density at radius 2 is 2.38 bits per heavy atom. The summed E-state index contributed by atoms with van der Waals surface area (Å²) >= 11 is 0. The SMILES string of the molecule is C=Cn1cc(C(F)(F)CCN)cn1. The Hall–Kier alpha value is -1.23. The van der Waals surface area contributed by atoms with E-state index < -0.39 is 5.92 Å². The van der Waals surface area contributed by atoms with Crippen LogP contribution in [0, 0.1) is 0 Å². The van der Waals surface area contributed by atoms with Gasteiger partial charge in [0.1, 0.15) is 0 Å². The molecule has 0 aliphatic carbocycles. The van der Waals surface area contributed by atoms with Crippen molar-refractivity contribution in [1.29, 1.82) is 0 Å². The number of hydrogen-bond donors (Lipinski definition) is 1. The summed E-state index contributed by atoms with van der Waals surface area (Å²) in [6, 6.07) is 0. The van der Waals surface area contributed by atoms with Crippen LogP contribution < -0.4 is 5.73 Å². The number of nitrogens with zero attached hydrogens (tertiary/aromatic N) is 2. The van der Waals surface area contributed by atoms with Crippen molar-refractivity contribution in [2.75, 3.05) is 6.54 Å². The molecule has 3 nitrogen and oxygen atoms in total. The van der Waals surface area contributed by atoms with Gasteiger partial charge in [-0.15, -0.1) is 0 Å². The van der Waals surface area contributed by atoms with E-state index >= 15 is 0 Å². The molecule has 0 spiro atoms. The molecule has 0 unspecified atom stereocenters. The van der Waals surface area contributed by atoms with E-state index in [9.17, 15) is 8.78 Å². The minimum atomic E-state index is -2.89. The van der Waals surface area contributed by atoms with E-state index in [1.807, 2.05) is 0 Å². The van der Waals surface area contributed by atoms with Crippen LogP contribution in [-0.2, 0) is 5.92 Å². The molecule has 0 aliphatic rings. The van der Waals surface area contributed by atoms with Crippen LogP contribution in [0.3, 0.4) is 0 Å². The normalized spacial score (nSPS) is 11.6. The van der Waals surface area contributed by atoms with Gasteiger partial charge in [0.15, 0.2) is 0 Å². The van der Waals surface area contributed by atoms with Gasteiger partial charge in [0.2, 0.25) is 0 Å². The molecule has 1 aromatic heterocycles. The first-order valence-corrected chi connectivity index (χ1v) is 3.85. The average molecular weight is 187 g/mol. The Labute approximate surface area is 74.8 Å². The van der Waals surface area contributed by atoms with Crippen molar-refractivity contribution in [3.8, 4) is 0 Å². The molecule has 0 fully saturated rings. The van der Waals surface area contributed by atoms with Crippen LogP contribution in [0.25, 0.3) is 6.20 Å². The van der Waals surface area contributed by atoms with Gasteiger partial charge in [0, 0.05) is 18.8 Å². The lowest BCUT2D eigenvalue weighted by molar-refractivity contribution is -0.0107. The standard InChI is InChI=1S/C8H11F2N3/c1-2-13-6-7(5-12-13)8(9,10)3-4-11/h2,5-6H,1,3-4,11H2. The van der Waals surface area contributed by atoms with Gasteiger partial charge in [-0.05, 0) is 6.54 Å². The third-order valence-corrected chi connectivity index (χ3v) is 1.67. The Balaban J connectivity index is 2.86. The van der Waals surface area contributed by atoms with E-state index in [2.05, 4.69) is 11.7 Å². The summed E-state index contributed by atoms with van der Waals surface area (Å²) < 4.78 is 27.5. The van der Waals surface area contributed by atoms with Gasteiger partial charge in [-0.3, -0.25) is 0 Å². The Morgan fingerprint density at radius 1 is 1.69 bits per heavy atom. The lowest BCUT2D eigenvalue weighted by Gasteiger charge is -2.12. The van der Waals surface area contributed by atoms with Gasteiger partial charge in [0.25, 0.3) is 5.92 Å². The van der Waals surface area contributed by atoms with E-state index in [4.69, 9.17) is 5.73 Å². The number of alkyl halides is 2. The highest BCUT2D eigenvalue weighted by atomic mass is 19.3. The third-order valence-electron chi connectivity index (χ3n) is 1.67. The molecular weight excluding hydrogens is 176 g/mol. The molecular formula is C8H11F2N3. The first-order valence-electron chi connectivity index (χ1n) is 3.85. The second-order valence-corrected chi connectivity index (χ2v) is 2.63. The minimum Gasteiger partial charge on any atom is -0.330 e. The molecule has 72 valence electrons. The first-order chi connectivity index (χ1) is 6.10. The highest BCUT2D eigenvalue weighted by Gasteiger charge is 2.31. The summed E-state index contributed by atoms with van der Waals surface area (Å²) in [6.45, 7) is 3.35. The van der Waals surface area contributed by atoms with Crippen LogP contribution in [0.4, 0.5) is 8.78 Å². The molecule has 2 N–H and O–H groups in total. The van der Waals surface area contributed by atoms with Crippen molar-refractivity contribution < 1.29 is 8.78 Å². The van der Waals surface area contributed by atoms with Crippen LogP contribution in [0.5, 0.6) is 0 Å². The largest absolute Gasteiger partial charge is 0.330 e. The molecule has 1 rings (SSSR count). The summed E-state index contributed by atoms with van der Waals surface area (Å²) in [5, 5.41) is 3.66. The summed E-state index contributed by atoms with van der Waals surface area (Å²) in [5.41, 5.74) is 4.94. The maximum Gasteiger partial charge on any atom is 0.277 e. The third kappa shape index (κ3) is 2.12. The predicted molar refractivity (Wildman–Crippen MR) is 46.2 cm³/mol. The fourth-order valence-electron chi connectivity index (χ4n) is 0.952. The van der Waals surface area contributed by atoms with Crippen molar-refractivity contribution in [3.05, 3.63) is 24.5 Å². The summed E-state index contributed by atoms with van der Waals surface area (Å²) in [7, 11) is 0. The molecule has 0 atom stereocenters. The van der Waals surface area contributed by atoms with Crippen molar-refractivity contribution >= 4 is 6.20 Å². The molecule has 0 saturated carbocycles. The number of aromatic nitrogens is 2. The number of halogens is 2. The fraction of sp³-hybridized carbons (Fsp3) is 0.375. The van der Waals surface area contributed by atoms with Crippen LogP contribution in [-0.4, -0.2) is 16.3 Å². The molecule has 0 saturated heterocycles. The van der Waals surface area contributed by atoms with Crippen LogP contribution in [0.1, 0.15) is 12.0 Å². The quantitative estimate of drug-likeness (QED) is 0.774. The number of rotatable bonds is 4. The van der Waals surface area contributed by atoms with E-state index in [1.165, 1.54) is 17.1 Å². The maximum absolute atomic E-state index is 13.1. The second kappa shape index (κ2) is 3.66. The van der Waals surface area contributed by atoms with Gasteiger partial charge in [-0.1, -0.05) is 6.58 Å². The maximum atomic E-state index is 13.1. The highest BCUT2D eigenvalue weighted by molar-refractivity contribution is 5.20. The Morgan fingerprint density at radius 3 is 2.85 bits per heavy atom. The summed E-state index contributed by atoms with van der Waals surface area (Å²) in [4.78, 5) is 0. The van der Waals surface area contributed by atoms with E-state index in [1.54, 1.807) is 0 Å². The van der Waals surface area contributed by atoms with Gasteiger partial charge < -0.3 is 5.73 Å². The monoisotopic (exact) mass is 187 g/mol. The van der Waals surface area contributed by atoms with Crippen LogP contribution in [0.2, 0.25) is 0 Å². The molecule has 5 heteroatoms. The van der Waals surface area contributed by atoms with Crippen molar-refractivity contribution in [2.24, 2.45) is 5.73 Å². The molecule has 13 heavy (non-hydrogen) atoms. The summed E-state index contributed by atoms with van der Waals surface area (Å²) in [6.07, 6.45) is 3.35. The van der Waals surface area contributed by atoms with Crippen LogP contribution in [0.15, 0.2) is 19.0 Å². The second-order valence-electron chi connectivity index (χ2n) is 2.63. The minimum absolute atomic E-state index is 0.0493. The lowest BCUT2D eigenvalue weighted by atomic mass is 10.1. The van der Waals surface area contributed by atoms with E-state index in [0.717, 1.165) is 6.20 Å². The zero-order valence-electron chi connectivity index (χ0n) is 7.08. The zero-order chi connectivity index (χ0) is 9.90. The van der Waals surface area contributed by atoms with Gasteiger partial charge >= 0.3 is 0 Å². The number of hydrogen-bond acceptors (Lipinski definition) is 2. The van der Waals surface area contributed by atoms with E-state index in [0.29, 0.717) is 0 Å². The average Bonchev–Trinajstić information content (AvgIpc) is 2.52. The van der Waals surface area contributed by atoms with Crippen LogP contribution >= 0.6 is 0 Å². The highest BCUT2D eigenvalue weighted by Crippen LogP contribution is 2.30. The fourth-order valence-corrected chi connectivity index (χ4v) is 0.952. The molecule has 0 aliphatic heterocycles. The molecule has 0 amide bonds. The smallest absolute Gasteiger partial charge is 0.277 e. The zero-order valence-corrected chi connectivity index (χ0v) is 7.08. The molecule has 1 aromatic rings. The molecule has 1 heterocycles. The van der Waals surface area contributed by atoms with Gasteiger partial charge in [0.05, 0.1) is 11.8 Å². The Kier molecular flexibility index (Phi) is 2.77. The topological polar surface area (TPSA) is 43.8 Å². The van der Waals surface area contributed by atoms with Gasteiger partial charge in [-0.2, -0.15) is 5.10 Å². The molecule has 0 aromatic carbocycles. The number of nitrogens with two attached hydrogens (primary N) is 1. The first kappa shape index (κ1) is 9.85. The lowest BCUT2D eigenvalue weighted by Crippen LogP contribution is -2.17. The van der Waals surface area contributed by atoms with E-state index in [-0.39, 0.29) is 18.5 Å². The Bertz CT molecular complexity index is 293. The van der Waals surface area contributed by atoms with Crippen molar-refractivity contribution in [3.63, 3.8) is 0 Å². The molecule has 0 radical (unpaired) electrons. The van der Waals surface area contributed by atoms with Crippen molar-refractivity contribution in [2.45, 2.75) is 12.3 Å². The molecule has 0 bridgehead atoms. The van der Waals surface area contributed by atoms with Crippen molar-refractivity contribution in [1.82, 2.24) is 9.78 Å².